The standard InChI is InChI=1S/C16H29NO/c1-12(15-10-13-5-6-14(15)9-13)17-11-16(18)7-3-2-4-8-16/h12-15,17-18H,2-11H2,1H3. The van der Waals surface area contributed by atoms with Crippen LogP contribution >= 0.6 is 0 Å². The normalized spacial score (nSPS) is 40.0. The Labute approximate surface area is 112 Å². The first-order valence-electron chi connectivity index (χ1n) is 8.12. The molecule has 104 valence electrons. The number of aliphatic hydroxyl groups is 1. The second kappa shape index (κ2) is 5.13. The topological polar surface area (TPSA) is 32.3 Å². The third-order valence-corrected chi connectivity index (χ3v) is 5.97. The van der Waals surface area contributed by atoms with Crippen LogP contribution in [-0.4, -0.2) is 23.3 Å². The highest BCUT2D eigenvalue weighted by Gasteiger charge is 2.42. The first kappa shape index (κ1) is 12.9. The minimum atomic E-state index is -0.399. The second-order valence-electron chi connectivity index (χ2n) is 7.29. The Bertz CT molecular complexity index is 285. The van der Waals surface area contributed by atoms with Crippen LogP contribution < -0.4 is 5.32 Å². The van der Waals surface area contributed by atoms with Gasteiger partial charge < -0.3 is 10.4 Å². The molecule has 0 amide bonds. The van der Waals surface area contributed by atoms with E-state index in [0.717, 1.165) is 37.1 Å². The molecule has 2 N–H and O–H groups in total. The lowest BCUT2D eigenvalue weighted by atomic mass is 9.82. The predicted molar refractivity (Wildman–Crippen MR) is 74.4 cm³/mol. The Morgan fingerprint density at radius 1 is 1.17 bits per heavy atom. The molecule has 3 saturated carbocycles. The summed E-state index contributed by atoms with van der Waals surface area (Å²) >= 11 is 0. The molecule has 18 heavy (non-hydrogen) atoms. The molecule has 0 saturated heterocycles. The third-order valence-electron chi connectivity index (χ3n) is 5.97. The fourth-order valence-corrected chi connectivity index (χ4v) is 4.80. The van der Waals surface area contributed by atoms with Gasteiger partial charge in [-0.25, -0.2) is 0 Å². The Hall–Kier alpha value is -0.0800. The summed E-state index contributed by atoms with van der Waals surface area (Å²) in [7, 11) is 0. The van der Waals surface area contributed by atoms with Gasteiger partial charge in [-0.15, -0.1) is 0 Å². The molecule has 0 aromatic heterocycles. The van der Waals surface area contributed by atoms with Gasteiger partial charge in [0.25, 0.3) is 0 Å². The van der Waals surface area contributed by atoms with Gasteiger partial charge in [0.15, 0.2) is 0 Å². The lowest BCUT2D eigenvalue weighted by Crippen LogP contribution is -2.47. The summed E-state index contributed by atoms with van der Waals surface area (Å²) in [6, 6.07) is 0.603. The van der Waals surface area contributed by atoms with E-state index in [1.807, 2.05) is 0 Å². The number of nitrogens with one attached hydrogen (secondary N) is 1. The molecule has 2 nitrogen and oxygen atoms in total. The maximum absolute atomic E-state index is 10.5. The van der Waals surface area contributed by atoms with E-state index in [0.29, 0.717) is 6.04 Å². The molecule has 3 aliphatic rings. The fourth-order valence-electron chi connectivity index (χ4n) is 4.80. The highest BCUT2D eigenvalue weighted by atomic mass is 16.3. The first-order valence-corrected chi connectivity index (χ1v) is 8.12. The molecular weight excluding hydrogens is 222 g/mol. The molecule has 3 aliphatic carbocycles. The van der Waals surface area contributed by atoms with Crippen molar-refractivity contribution in [3.8, 4) is 0 Å². The molecule has 0 radical (unpaired) electrons. The lowest BCUT2D eigenvalue weighted by molar-refractivity contribution is 0.000683. The highest BCUT2D eigenvalue weighted by molar-refractivity contribution is 4.95. The van der Waals surface area contributed by atoms with Crippen LogP contribution in [0.15, 0.2) is 0 Å². The van der Waals surface area contributed by atoms with Crippen molar-refractivity contribution in [2.45, 2.75) is 76.4 Å². The maximum Gasteiger partial charge on any atom is 0.0771 e. The lowest BCUT2D eigenvalue weighted by Gasteiger charge is -2.36. The van der Waals surface area contributed by atoms with Crippen molar-refractivity contribution >= 4 is 0 Å². The third kappa shape index (κ3) is 2.60. The summed E-state index contributed by atoms with van der Waals surface area (Å²) in [5.41, 5.74) is -0.399. The van der Waals surface area contributed by atoms with E-state index in [2.05, 4.69) is 12.2 Å². The van der Waals surface area contributed by atoms with Crippen molar-refractivity contribution < 1.29 is 5.11 Å². The van der Waals surface area contributed by atoms with Crippen molar-refractivity contribution in [1.82, 2.24) is 5.32 Å². The summed E-state index contributed by atoms with van der Waals surface area (Å²) < 4.78 is 0. The smallest absolute Gasteiger partial charge is 0.0771 e. The van der Waals surface area contributed by atoms with Crippen LogP contribution in [0.1, 0.15) is 64.7 Å². The predicted octanol–water partition coefficient (Wildman–Crippen LogP) is 3.10. The molecule has 2 heteroatoms. The van der Waals surface area contributed by atoms with Gasteiger partial charge in [0.1, 0.15) is 0 Å². The Balaban J connectivity index is 1.47. The van der Waals surface area contributed by atoms with Crippen LogP contribution in [0, 0.1) is 17.8 Å². The number of hydrogen-bond donors (Lipinski definition) is 2. The van der Waals surface area contributed by atoms with Crippen molar-refractivity contribution in [2.75, 3.05) is 6.54 Å². The van der Waals surface area contributed by atoms with Gasteiger partial charge in [0.05, 0.1) is 5.60 Å². The molecule has 0 aromatic rings. The number of hydrogen-bond acceptors (Lipinski definition) is 2. The van der Waals surface area contributed by atoms with Gasteiger partial charge in [0.2, 0.25) is 0 Å². The Morgan fingerprint density at radius 3 is 2.56 bits per heavy atom. The molecule has 4 atom stereocenters. The molecule has 0 aliphatic heterocycles. The van der Waals surface area contributed by atoms with E-state index in [1.165, 1.54) is 44.9 Å². The zero-order valence-corrected chi connectivity index (χ0v) is 11.8. The average Bonchev–Trinajstić information content (AvgIpc) is 2.99. The van der Waals surface area contributed by atoms with E-state index in [9.17, 15) is 5.11 Å². The minimum absolute atomic E-state index is 0.399. The van der Waals surface area contributed by atoms with E-state index < -0.39 is 5.60 Å². The highest BCUT2D eigenvalue weighted by Crippen LogP contribution is 2.49. The van der Waals surface area contributed by atoms with Crippen molar-refractivity contribution in [2.24, 2.45) is 17.8 Å². The van der Waals surface area contributed by atoms with E-state index in [4.69, 9.17) is 0 Å². The SMILES string of the molecule is CC(NCC1(O)CCCCC1)C1CC2CCC1C2. The van der Waals surface area contributed by atoms with Gasteiger partial charge >= 0.3 is 0 Å². The van der Waals surface area contributed by atoms with Crippen molar-refractivity contribution in [3.63, 3.8) is 0 Å². The average molecular weight is 251 g/mol. The van der Waals surface area contributed by atoms with E-state index in [-0.39, 0.29) is 0 Å². The molecule has 4 unspecified atom stereocenters. The van der Waals surface area contributed by atoms with Gasteiger partial charge in [-0.2, -0.15) is 0 Å². The van der Waals surface area contributed by atoms with Crippen LogP contribution in [0.25, 0.3) is 0 Å². The minimum Gasteiger partial charge on any atom is -0.389 e. The zero-order valence-electron chi connectivity index (χ0n) is 11.8. The molecule has 0 spiro atoms. The molecule has 3 fully saturated rings. The number of rotatable bonds is 4. The summed E-state index contributed by atoms with van der Waals surface area (Å²) in [5, 5.41) is 14.2. The van der Waals surface area contributed by atoms with Gasteiger partial charge in [0, 0.05) is 12.6 Å². The Kier molecular flexibility index (Phi) is 3.68. The molecule has 3 rings (SSSR count). The van der Waals surface area contributed by atoms with Crippen molar-refractivity contribution in [3.05, 3.63) is 0 Å². The summed E-state index contributed by atoms with van der Waals surface area (Å²) in [5.74, 6) is 2.90. The first-order chi connectivity index (χ1) is 8.66. The van der Waals surface area contributed by atoms with Gasteiger partial charge in [-0.1, -0.05) is 25.7 Å². The summed E-state index contributed by atoms with van der Waals surface area (Å²) in [6.45, 7) is 3.17. The van der Waals surface area contributed by atoms with Crippen LogP contribution in [-0.2, 0) is 0 Å². The van der Waals surface area contributed by atoms with Crippen LogP contribution in [0.5, 0.6) is 0 Å². The van der Waals surface area contributed by atoms with Crippen LogP contribution in [0.4, 0.5) is 0 Å². The van der Waals surface area contributed by atoms with E-state index >= 15 is 0 Å². The van der Waals surface area contributed by atoms with Crippen LogP contribution in [0.2, 0.25) is 0 Å². The summed E-state index contributed by atoms with van der Waals surface area (Å²) in [4.78, 5) is 0. The van der Waals surface area contributed by atoms with Gasteiger partial charge in [-0.3, -0.25) is 0 Å². The van der Waals surface area contributed by atoms with Gasteiger partial charge in [-0.05, 0) is 56.8 Å². The number of fused-ring (bicyclic) bond motifs is 2. The largest absolute Gasteiger partial charge is 0.389 e. The second-order valence-corrected chi connectivity index (χ2v) is 7.29. The van der Waals surface area contributed by atoms with E-state index in [1.54, 1.807) is 0 Å². The Morgan fingerprint density at radius 2 is 1.94 bits per heavy atom. The molecular formula is C16H29NO. The fraction of sp³-hybridized carbons (Fsp3) is 1.00. The maximum atomic E-state index is 10.5. The van der Waals surface area contributed by atoms with Crippen LogP contribution in [0.3, 0.4) is 0 Å². The summed E-state index contributed by atoms with van der Waals surface area (Å²) in [6.07, 6.45) is 11.6. The quantitative estimate of drug-likeness (QED) is 0.804. The van der Waals surface area contributed by atoms with Crippen molar-refractivity contribution in [1.29, 1.82) is 0 Å². The molecule has 0 aromatic carbocycles. The molecule has 2 bridgehead atoms. The monoisotopic (exact) mass is 251 g/mol. The molecule has 0 heterocycles. The zero-order chi connectivity index (χ0) is 12.6.